The quantitative estimate of drug-likeness (QED) is 0.469. The lowest BCUT2D eigenvalue weighted by atomic mass is 9.86. The van der Waals surface area contributed by atoms with Crippen molar-refractivity contribution in [2.24, 2.45) is 5.41 Å². The van der Waals surface area contributed by atoms with E-state index in [4.69, 9.17) is 0 Å². The Morgan fingerprint density at radius 2 is 1.21 bits per heavy atom. The van der Waals surface area contributed by atoms with Crippen molar-refractivity contribution < 1.29 is 10.2 Å². The van der Waals surface area contributed by atoms with Crippen molar-refractivity contribution in [1.29, 1.82) is 0 Å². The predicted octanol–water partition coefficient (Wildman–Crippen LogP) is 5.33. The molecule has 0 aliphatic heterocycles. The van der Waals surface area contributed by atoms with Gasteiger partial charge in [-0.2, -0.15) is 0 Å². The molecular formula is C21H37ClO2. The molecule has 0 bridgehead atoms. The molecule has 1 aromatic carbocycles. The molecule has 0 atom stereocenters. The molecule has 2 nitrogen and oxygen atoms in total. The molecule has 1 aromatic rings. The summed E-state index contributed by atoms with van der Waals surface area (Å²) in [7, 11) is 0. The second-order valence-electron chi connectivity index (χ2n) is 7.31. The summed E-state index contributed by atoms with van der Waals surface area (Å²) in [4.78, 5) is 0. The maximum atomic E-state index is 9.34. The monoisotopic (exact) mass is 356 g/mol. The van der Waals surface area contributed by atoms with Gasteiger partial charge in [0, 0.05) is 5.41 Å². The smallest absolute Gasteiger partial charge is 0.0506 e. The Morgan fingerprint density at radius 1 is 0.750 bits per heavy atom. The van der Waals surface area contributed by atoms with Crippen LogP contribution in [0.2, 0.25) is 0 Å². The number of rotatable bonds is 13. The van der Waals surface area contributed by atoms with Gasteiger partial charge in [0.2, 0.25) is 0 Å². The van der Waals surface area contributed by atoms with E-state index in [1.807, 2.05) is 6.92 Å². The number of unbranched alkanes of at least 4 members (excludes halogenated alkanes) is 6. The first-order chi connectivity index (χ1) is 11.1. The average molecular weight is 357 g/mol. The minimum absolute atomic E-state index is 0. The molecule has 1 rings (SSSR count). The third kappa shape index (κ3) is 9.66. The molecule has 2 N–H and O–H groups in total. The summed E-state index contributed by atoms with van der Waals surface area (Å²) in [6.07, 6.45) is 12.4. The van der Waals surface area contributed by atoms with Crippen molar-refractivity contribution in [1.82, 2.24) is 0 Å². The van der Waals surface area contributed by atoms with E-state index in [0.717, 1.165) is 12.8 Å². The van der Waals surface area contributed by atoms with Gasteiger partial charge >= 0.3 is 0 Å². The van der Waals surface area contributed by atoms with Gasteiger partial charge in [-0.15, -0.1) is 12.4 Å². The lowest BCUT2D eigenvalue weighted by molar-refractivity contribution is 0.0631. The van der Waals surface area contributed by atoms with Crippen molar-refractivity contribution >= 4 is 12.4 Å². The fraction of sp³-hybridized carbons (Fsp3) is 0.714. The maximum Gasteiger partial charge on any atom is 0.0506 e. The van der Waals surface area contributed by atoms with Gasteiger partial charge in [-0.1, -0.05) is 76.6 Å². The highest BCUT2D eigenvalue weighted by Crippen LogP contribution is 2.22. The van der Waals surface area contributed by atoms with Crippen molar-refractivity contribution in [2.45, 2.75) is 78.1 Å². The molecule has 0 spiro atoms. The Kier molecular flexibility index (Phi) is 13.4. The van der Waals surface area contributed by atoms with Crippen LogP contribution in [-0.4, -0.2) is 23.4 Å². The van der Waals surface area contributed by atoms with Crippen molar-refractivity contribution in [3.63, 3.8) is 0 Å². The van der Waals surface area contributed by atoms with Crippen LogP contribution in [0.5, 0.6) is 0 Å². The number of aryl methyl sites for hydroxylation is 2. The SMILES string of the molecule is CCCCCCCCCc1ccc(CCC(C)(CO)CO)cc1.Cl. The van der Waals surface area contributed by atoms with Gasteiger partial charge in [-0.25, -0.2) is 0 Å². The lowest BCUT2D eigenvalue weighted by Crippen LogP contribution is -2.26. The number of hydrogen-bond donors (Lipinski definition) is 2. The first kappa shape index (κ1) is 23.4. The molecule has 0 unspecified atom stereocenters. The molecule has 0 aliphatic carbocycles. The lowest BCUT2D eigenvalue weighted by Gasteiger charge is -2.24. The molecule has 0 aliphatic rings. The Morgan fingerprint density at radius 3 is 1.71 bits per heavy atom. The van der Waals surface area contributed by atoms with Gasteiger partial charge in [0.1, 0.15) is 0 Å². The summed E-state index contributed by atoms with van der Waals surface area (Å²) in [6, 6.07) is 8.88. The Balaban J connectivity index is 0.00000529. The second kappa shape index (κ2) is 13.7. The molecule has 0 fully saturated rings. The Bertz CT molecular complexity index is 399. The molecule has 0 radical (unpaired) electrons. The molecule has 0 amide bonds. The summed E-state index contributed by atoms with van der Waals surface area (Å²) >= 11 is 0. The topological polar surface area (TPSA) is 40.5 Å². The molecular weight excluding hydrogens is 320 g/mol. The van der Waals surface area contributed by atoms with Crippen LogP contribution in [0.1, 0.15) is 76.3 Å². The van der Waals surface area contributed by atoms with Gasteiger partial charge in [0.05, 0.1) is 13.2 Å². The van der Waals surface area contributed by atoms with Crippen LogP contribution >= 0.6 is 12.4 Å². The Hall–Kier alpha value is -0.570. The molecule has 24 heavy (non-hydrogen) atoms. The predicted molar refractivity (Wildman–Crippen MR) is 106 cm³/mol. The van der Waals surface area contributed by atoms with Crippen LogP contribution in [0.15, 0.2) is 24.3 Å². The van der Waals surface area contributed by atoms with E-state index in [2.05, 4.69) is 31.2 Å². The van der Waals surface area contributed by atoms with Crippen LogP contribution in [-0.2, 0) is 12.8 Å². The zero-order valence-corrected chi connectivity index (χ0v) is 16.4. The number of halogens is 1. The molecule has 0 heterocycles. The van der Waals surface area contributed by atoms with E-state index in [0.29, 0.717) is 0 Å². The van der Waals surface area contributed by atoms with Crippen molar-refractivity contribution in [3.05, 3.63) is 35.4 Å². The zero-order valence-electron chi connectivity index (χ0n) is 15.6. The van der Waals surface area contributed by atoms with Gasteiger partial charge in [0.15, 0.2) is 0 Å². The highest BCUT2D eigenvalue weighted by atomic mass is 35.5. The fourth-order valence-corrected chi connectivity index (χ4v) is 2.81. The first-order valence-corrected chi connectivity index (χ1v) is 9.43. The molecule has 0 saturated heterocycles. The van der Waals surface area contributed by atoms with Crippen LogP contribution in [0.3, 0.4) is 0 Å². The average Bonchev–Trinajstić information content (AvgIpc) is 2.60. The fourth-order valence-electron chi connectivity index (χ4n) is 2.81. The number of aliphatic hydroxyl groups is 2. The van der Waals surface area contributed by atoms with Gasteiger partial charge in [-0.3, -0.25) is 0 Å². The van der Waals surface area contributed by atoms with Gasteiger partial charge < -0.3 is 10.2 Å². The third-order valence-electron chi connectivity index (χ3n) is 4.87. The maximum absolute atomic E-state index is 9.34. The van der Waals surface area contributed by atoms with Gasteiger partial charge in [0.25, 0.3) is 0 Å². The largest absolute Gasteiger partial charge is 0.396 e. The van der Waals surface area contributed by atoms with Crippen LogP contribution in [0, 0.1) is 5.41 Å². The highest BCUT2D eigenvalue weighted by molar-refractivity contribution is 5.85. The van der Waals surface area contributed by atoms with Gasteiger partial charge in [-0.05, 0) is 36.8 Å². The van der Waals surface area contributed by atoms with Crippen molar-refractivity contribution in [2.75, 3.05) is 13.2 Å². The minimum Gasteiger partial charge on any atom is -0.396 e. The van der Waals surface area contributed by atoms with E-state index >= 15 is 0 Å². The van der Waals surface area contributed by atoms with Crippen LogP contribution < -0.4 is 0 Å². The molecule has 140 valence electrons. The van der Waals surface area contributed by atoms with Crippen LogP contribution in [0.4, 0.5) is 0 Å². The Labute approximate surface area is 155 Å². The minimum atomic E-state index is -0.365. The highest BCUT2D eigenvalue weighted by Gasteiger charge is 2.21. The number of benzene rings is 1. The van der Waals surface area contributed by atoms with E-state index in [1.165, 1.54) is 62.5 Å². The molecule has 0 aromatic heterocycles. The summed E-state index contributed by atoms with van der Waals surface area (Å²) in [5.41, 5.74) is 2.35. The molecule has 3 heteroatoms. The summed E-state index contributed by atoms with van der Waals surface area (Å²) in [6.45, 7) is 4.28. The molecule has 0 saturated carbocycles. The number of aliphatic hydroxyl groups excluding tert-OH is 2. The summed E-state index contributed by atoms with van der Waals surface area (Å²) in [5, 5.41) is 18.7. The van der Waals surface area contributed by atoms with E-state index < -0.39 is 0 Å². The number of hydrogen-bond acceptors (Lipinski definition) is 2. The summed E-state index contributed by atoms with van der Waals surface area (Å²) < 4.78 is 0. The van der Waals surface area contributed by atoms with Crippen LogP contribution in [0.25, 0.3) is 0 Å². The van der Waals surface area contributed by atoms with E-state index in [-0.39, 0.29) is 31.0 Å². The second-order valence-corrected chi connectivity index (χ2v) is 7.31. The normalized spacial score (nSPS) is 11.3. The summed E-state index contributed by atoms with van der Waals surface area (Å²) in [5.74, 6) is 0. The third-order valence-corrected chi connectivity index (χ3v) is 4.87. The first-order valence-electron chi connectivity index (χ1n) is 9.43. The zero-order chi connectivity index (χ0) is 17.0. The van der Waals surface area contributed by atoms with Crippen molar-refractivity contribution in [3.8, 4) is 0 Å². The standard InChI is InChI=1S/C21H36O2.ClH/c1-3-4-5-6-7-8-9-10-19-11-13-20(14-12-19)15-16-21(2,17-22)18-23;/h11-14,22-23H,3-10,15-18H2,1-2H3;1H. The van der Waals surface area contributed by atoms with E-state index in [9.17, 15) is 10.2 Å². The van der Waals surface area contributed by atoms with E-state index in [1.54, 1.807) is 0 Å².